The first kappa shape index (κ1) is 18.5. The van der Waals surface area contributed by atoms with Crippen LogP contribution in [0, 0.1) is 17.3 Å². The Hall–Kier alpha value is -0.880. The minimum Gasteiger partial charge on any atom is -0.468 e. The zero-order valence-electron chi connectivity index (χ0n) is 16.2. The average Bonchev–Trinajstić information content (AvgIpc) is 3.28. The molecule has 0 saturated carbocycles. The third kappa shape index (κ3) is 4.16. The standard InChI is InChI=1S/C21H34N2O3/c1-24-16-19-14-23(15-20-3-2-10-26-20)17-21(19)6-8-22(9-7-21)13-18-4-11-25-12-5-18/h2-3,10,18-19H,4-9,11-17H2,1H3/t19-/m1/s1. The van der Waals surface area contributed by atoms with Gasteiger partial charge in [-0.2, -0.15) is 0 Å². The van der Waals surface area contributed by atoms with Crippen LogP contribution in [0.25, 0.3) is 0 Å². The predicted octanol–water partition coefficient (Wildman–Crippen LogP) is 2.87. The molecule has 3 aliphatic rings. The van der Waals surface area contributed by atoms with Crippen molar-refractivity contribution >= 4 is 0 Å². The Morgan fingerprint density at radius 3 is 2.69 bits per heavy atom. The lowest BCUT2D eigenvalue weighted by molar-refractivity contribution is 0.0160. The Kier molecular flexibility index (Phi) is 5.99. The molecule has 3 fully saturated rings. The Bertz CT molecular complexity index is 533. The van der Waals surface area contributed by atoms with Crippen LogP contribution in [0.15, 0.2) is 22.8 Å². The molecular weight excluding hydrogens is 328 g/mol. The quantitative estimate of drug-likeness (QED) is 0.778. The van der Waals surface area contributed by atoms with Crippen LogP contribution in [-0.4, -0.2) is 69.5 Å². The molecule has 5 heteroatoms. The second-order valence-electron chi connectivity index (χ2n) is 8.62. The average molecular weight is 363 g/mol. The highest BCUT2D eigenvalue weighted by Gasteiger charge is 2.47. The molecular formula is C21H34N2O3. The Morgan fingerprint density at radius 2 is 2.00 bits per heavy atom. The summed E-state index contributed by atoms with van der Waals surface area (Å²) < 4.78 is 16.7. The molecule has 4 rings (SSSR count). The van der Waals surface area contributed by atoms with E-state index in [-0.39, 0.29) is 0 Å². The first-order valence-corrected chi connectivity index (χ1v) is 10.3. The smallest absolute Gasteiger partial charge is 0.117 e. The third-order valence-corrected chi connectivity index (χ3v) is 6.92. The molecule has 5 nitrogen and oxygen atoms in total. The van der Waals surface area contributed by atoms with Crippen LogP contribution in [0.3, 0.4) is 0 Å². The van der Waals surface area contributed by atoms with Gasteiger partial charge in [-0.25, -0.2) is 0 Å². The van der Waals surface area contributed by atoms with E-state index in [2.05, 4.69) is 15.9 Å². The van der Waals surface area contributed by atoms with Crippen molar-refractivity contribution in [2.75, 3.05) is 59.7 Å². The van der Waals surface area contributed by atoms with Gasteiger partial charge in [0.15, 0.2) is 0 Å². The van der Waals surface area contributed by atoms with Crippen LogP contribution in [0.4, 0.5) is 0 Å². The predicted molar refractivity (Wildman–Crippen MR) is 101 cm³/mol. The van der Waals surface area contributed by atoms with Crippen molar-refractivity contribution in [1.29, 1.82) is 0 Å². The highest BCUT2D eigenvalue weighted by Crippen LogP contribution is 2.45. The van der Waals surface area contributed by atoms with Crippen LogP contribution in [0.5, 0.6) is 0 Å². The van der Waals surface area contributed by atoms with Crippen LogP contribution in [-0.2, 0) is 16.0 Å². The van der Waals surface area contributed by atoms with Gasteiger partial charge in [-0.05, 0) is 62.2 Å². The van der Waals surface area contributed by atoms with Gasteiger partial charge >= 0.3 is 0 Å². The minimum atomic E-state index is 0.425. The molecule has 0 unspecified atom stereocenters. The zero-order valence-corrected chi connectivity index (χ0v) is 16.2. The molecule has 1 aromatic heterocycles. The molecule has 0 amide bonds. The highest BCUT2D eigenvalue weighted by atomic mass is 16.5. The molecule has 0 N–H and O–H groups in total. The number of rotatable bonds is 6. The Labute approximate surface area is 157 Å². The lowest BCUT2D eigenvalue weighted by Gasteiger charge is -2.43. The van der Waals surface area contributed by atoms with E-state index >= 15 is 0 Å². The van der Waals surface area contributed by atoms with E-state index in [0.717, 1.165) is 44.6 Å². The van der Waals surface area contributed by atoms with E-state index in [1.54, 1.807) is 6.26 Å². The summed E-state index contributed by atoms with van der Waals surface area (Å²) in [4.78, 5) is 5.29. The second kappa shape index (κ2) is 8.42. The van der Waals surface area contributed by atoms with Crippen molar-refractivity contribution in [3.8, 4) is 0 Å². The Morgan fingerprint density at radius 1 is 1.19 bits per heavy atom. The topological polar surface area (TPSA) is 38.1 Å². The van der Waals surface area contributed by atoms with Gasteiger partial charge in [-0.3, -0.25) is 4.90 Å². The maximum atomic E-state index is 5.61. The van der Waals surface area contributed by atoms with Gasteiger partial charge in [-0.1, -0.05) is 0 Å². The number of piperidine rings is 1. The summed E-state index contributed by atoms with van der Waals surface area (Å²) in [6, 6.07) is 4.08. The maximum absolute atomic E-state index is 5.61. The fourth-order valence-corrected chi connectivity index (χ4v) is 5.36. The molecule has 0 aliphatic carbocycles. The van der Waals surface area contributed by atoms with Crippen molar-refractivity contribution in [2.45, 2.75) is 32.2 Å². The highest BCUT2D eigenvalue weighted by molar-refractivity contribution is 5.03. The molecule has 4 heterocycles. The number of hydrogen-bond acceptors (Lipinski definition) is 5. The van der Waals surface area contributed by atoms with E-state index < -0.39 is 0 Å². The van der Waals surface area contributed by atoms with Gasteiger partial charge < -0.3 is 18.8 Å². The summed E-state index contributed by atoms with van der Waals surface area (Å²) >= 11 is 0. The SMILES string of the molecule is COC[C@H]1CN(Cc2ccco2)CC12CCN(CC1CCOCC1)CC2. The summed E-state index contributed by atoms with van der Waals surface area (Å²) in [5.74, 6) is 2.56. The normalized spacial score (nSPS) is 28.1. The monoisotopic (exact) mass is 362 g/mol. The van der Waals surface area contributed by atoms with Gasteiger partial charge in [0, 0.05) is 45.9 Å². The molecule has 1 aromatic rings. The van der Waals surface area contributed by atoms with Gasteiger partial charge in [-0.15, -0.1) is 0 Å². The van der Waals surface area contributed by atoms with Gasteiger partial charge in [0.1, 0.15) is 5.76 Å². The number of hydrogen-bond donors (Lipinski definition) is 0. The zero-order chi connectivity index (χ0) is 17.8. The first-order valence-electron chi connectivity index (χ1n) is 10.3. The van der Waals surface area contributed by atoms with Crippen molar-refractivity contribution in [3.63, 3.8) is 0 Å². The Balaban J connectivity index is 1.33. The van der Waals surface area contributed by atoms with Crippen LogP contribution < -0.4 is 0 Å². The van der Waals surface area contributed by atoms with Crippen molar-refractivity contribution in [1.82, 2.24) is 9.80 Å². The van der Waals surface area contributed by atoms with Gasteiger partial charge in [0.25, 0.3) is 0 Å². The fourth-order valence-electron chi connectivity index (χ4n) is 5.36. The summed E-state index contributed by atoms with van der Waals surface area (Å²) in [6.07, 6.45) is 6.87. The van der Waals surface area contributed by atoms with Crippen LogP contribution in [0.1, 0.15) is 31.4 Å². The van der Waals surface area contributed by atoms with E-state index in [0.29, 0.717) is 11.3 Å². The fraction of sp³-hybridized carbons (Fsp3) is 0.810. The number of nitrogens with zero attached hydrogens (tertiary/aromatic N) is 2. The molecule has 146 valence electrons. The van der Waals surface area contributed by atoms with E-state index in [9.17, 15) is 0 Å². The number of furan rings is 1. The summed E-state index contributed by atoms with van der Waals surface area (Å²) in [5, 5.41) is 0. The van der Waals surface area contributed by atoms with Gasteiger partial charge in [0.05, 0.1) is 19.4 Å². The van der Waals surface area contributed by atoms with Crippen molar-refractivity contribution in [3.05, 3.63) is 24.2 Å². The minimum absolute atomic E-state index is 0.425. The summed E-state index contributed by atoms with van der Waals surface area (Å²) in [6.45, 7) is 9.81. The molecule has 26 heavy (non-hydrogen) atoms. The van der Waals surface area contributed by atoms with E-state index in [1.165, 1.54) is 51.9 Å². The molecule has 3 aliphatic heterocycles. The second-order valence-corrected chi connectivity index (χ2v) is 8.62. The summed E-state index contributed by atoms with van der Waals surface area (Å²) in [5.41, 5.74) is 0.425. The van der Waals surface area contributed by atoms with Gasteiger partial charge in [0.2, 0.25) is 0 Å². The summed E-state index contributed by atoms with van der Waals surface area (Å²) in [7, 11) is 1.85. The molecule has 1 spiro atoms. The van der Waals surface area contributed by atoms with Crippen LogP contribution >= 0.6 is 0 Å². The van der Waals surface area contributed by atoms with Crippen molar-refractivity contribution in [2.24, 2.45) is 17.3 Å². The largest absolute Gasteiger partial charge is 0.468 e. The lowest BCUT2D eigenvalue weighted by atomic mass is 9.71. The molecule has 1 atom stereocenters. The molecule has 3 saturated heterocycles. The van der Waals surface area contributed by atoms with E-state index in [1.807, 2.05) is 13.2 Å². The lowest BCUT2D eigenvalue weighted by Crippen LogP contribution is -2.46. The molecule has 0 bridgehead atoms. The number of ether oxygens (including phenoxy) is 2. The molecule has 0 aromatic carbocycles. The maximum Gasteiger partial charge on any atom is 0.117 e. The van der Waals surface area contributed by atoms with Crippen LogP contribution in [0.2, 0.25) is 0 Å². The van der Waals surface area contributed by atoms with E-state index in [4.69, 9.17) is 13.9 Å². The third-order valence-electron chi connectivity index (χ3n) is 6.92. The molecule has 0 radical (unpaired) electrons. The first-order chi connectivity index (χ1) is 12.8. The number of likely N-dealkylation sites (tertiary alicyclic amines) is 2. The number of methoxy groups -OCH3 is 1. The van der Waals surface area contributed by atoms with Crippen molar-refractivity contribution < 1.29 is 13.9 Å².